The van der Waals surface area contributed by atoms with E-state index < -0.39 is 5.97 Å². The maximum absolute atomic E-state index is 10.8. The van der Waals surface area contributed by atoms with Crippen LogP contribution in [-0.2, 0) is 6.54 Å². The van der Waals surface area contributed by atoms with Crippen LogP contribution in [0.4, 0.5) is 0 Å². The van der Waals surface area contributed by atoms with Gasteiger partial charge >= 0.3 is 5.97 Å². The van der Waals surface area contributed by atoms with Crippen LogP contribution in [0.25, 0.3) is 0 Å². The highest BCUT2D eigenvalue weighted by Gasteiger charge is 2.10. The normalized spacial score (nSPS) is 10.5. The number of rotatable bonds is 6. The van der Waals surface area contributed by atoms with Gasteiger partial charge in [-0.3, -0.25) is 0 Å². The van der Waals surface area contributed by atoms with Crippen molar-refractivity contribution in [3.63, 3.8) is 0 Å². The molecule has 0 saturated heterocycles. The molecule has 1 heterocycles. The van der Waals surface area contributed by atoms with Gasteiger partial charge in [0.05, 0.1) is 5.56 Å². The lowest BCUT2D eigenvalue weighted by molar-refractivity contribution is 0.0696. The number of hydrogen-bond donors (Lipinski definition) is 1. The third-order valence-corrected chi connectivity index (χ3v) is 2.72. The van der Waals surface area contributed by atoms with Crippen LogP contribution in [0.1, 0.15) is 48.7 Å². The fourth-order valence-electron chi connectivity index (χ4n) is 1.73. The van der Waals surface area contributed by atoms with Gasteiger partial charge in [0, 0.05) is 18.4 Å². The smallest absolute Gasteiger partial charge is 0.337 e. The highest BCUT2D eigenvalue weighted by Crippen LogP contribution is 2.11. The van der Waals surface area contributed by atoms with E-state index in [1.807, 2.05) is 17.7 Å². The molecule has 0 aromatic carbocycles. The summed E-state index contributed by atoms with van der Waals surface area (Å²) in [6.45, 7) is 4.98. The molecular formula is C12H19NO2. The Morgan fingerprint density at radius 1 is 1.40 bits per heavy atom. The van der Waals surface area contributed by atoms with Crippen molar-refractivity contribution in [2.24, 2.45) is 0 Å². The summed E-state index contributed by atoms with van der Waals surface area (Å²) in [5.41, 5.74) is 1.28. The molecule has 0 radical (unpaired) electrons. The van der Waals surface area contributed by atoms with Gasteiger partial charge in [0.15, 0.2) is 0 Å². The van der Waals surface area contributed by atoms with E-state index >= 15 is 0 Å². The van der Waals surface area contributed by atoms with Gasteiger partial charge in [0.2, 0.25) is 0 Å². The van der Waals surface area contributed by atoms with Crippen LogP contribution < -0.4 is 0 Å². The Morgan fingerprint density at radius 3 is 2.67 bits per heavy atom. The topological polar surface area (TPSA) is 42.2 Å². The number of aromatic carboxylic acids is 1. The minimum atomic E-state index is -0.834. The molecule has 0 aliphatic rings. The number of nitrogens with zero attached hydrogens (tertiary/aromatic N) is 1. The molecule has 0 atom stereocenters. The van der Waals surface area contributed by atoms with Gasteiger partial charge in [-0.15, -0.1) is 0 Å². The van der Waals surface area contributed by atoms with Gasteiger partial charge < -0.3 is 9.67 Å². The second-order valence-corrected chi connectivity index (χ2v) is 3.87. The molecule has 3 nitrogen and oxygen atoms in total. The molecule has 3 heteroatoms. The number of aryl methyl sites for hydroxylation is 1. The van der Waals surface area contributed by atoms with Gasteiger partial charge in [-0.2, -0.15) is 0 Å². The molecule has 0 spiro atoms. The molecule has 15 heavy (non-hydrogen) atoms. The molecule has 1 N–H and O–H groups in total. The lowest BCUT2D eigenvalue weighted by atomic mass is 10.2. The summed E-state index contributed by atoms with van der Waals surface area (Å²) in [5.74, 6) is -0.834. The molecule has 1 aromatic rings. The van der Waals surface area contributed by atoms with E-state index in [1.165, 1.54) is 19.3 Å². The second kappa shape index (κ2) is 5.59. The van der Waals surface area contributed by atoms with E-state index in [1.54, 1.807) is 6.07 Å². The first-order valence-corrected chi connectivity index (χ1v) is 5.55. The summed E-state index contributed by atoms with van der Waals surface area (Å²) in [5, 5.41) is 8.88. The van der Waals surface area contributed by atoms with Crippen molar-refractivity contribution in [2.75, 3.05) is 0 Å². The Morgan fingerprint density at radius 2 is 2.13 bits per heavy atom. The lowest BCUT2D eigenvalue weighted by Gasteiger charge is -2.05. The van der Waals surface area contributed by atoms with E-state index in [9.17, 15) is 4.79 Å². The molecule has 1 rings (SSSR count). The quantitative estimate of drug-likeness (QED) is 0.731. The Kier molecular flexibility index (Phi) is 4.40. The minimum absolute atomic E-state index is 0.422. The monoisotopic (exact) mass is 209 g/mol. The number of hydrogen-bond acceptors (Lipinski definition) is 1. The van der Waals surface area contributed by atoms with Crippen LogP contribution in [0.2, 0.25) is 0 Å². The highest BCUT2D eigenvalue weighted by atomic mass is 16.4. The van der Waals surface area contributed by atoms with Crippen LogP contribution in [-0.4, -0.2) is 15.6 Å². The first-order valence-electron chi connectivity index (χ1n) is 5.55. The zero-order chi connectivity index (χ0) is 11.3. The summed E-state index contributed by atoms with van der Waals surface area (Å²) in [6.07, 6.45) is 6.70. The number of carbonyl (C=O) groups is 1. The number of aromatic nitrogens is 1. The largest absolute Gasteiger partial charge is 0.478 e. The average Bonchev–Trinajstić information content (AvgIpc) is 2.55. The van der Waals surface area contributed by atoms with Crippen molar-refractivity contribution in [1.29, 1.82) is 0 Å². The summed E-state index contributed by atoms with van der Waals surface area (Å²) in [6, 6.07) is 1.68. The highest BCUT2D eigenvalue weighted by molar-refractivity contribution is 5.88. The number of carboxylic acid groups (broad SMARTS) is 1. The summed E-state index contributed by atoms with van der Waals surface area (Å²) in [7, 11) is 0. The van der Waals surface area contributed by atoms with Gasteiger partial charge in [0.1, 0.15) is 0 Å². The fourth-order valence-corrected chi connectivity index (χ4v) is 1.73. The molecule has 0 amide bonds. The molecule has 84 valence electrons. The van der Waals surface area contributed by atoms with Crippen molar-refractivity contribution in [2.45, 2.75) is 46.1 Å². The van der Waals surface area contributed by atoms with Crippen LogP contribution in [0.5, 0.6) is 0 Å². The zero-order valence-electron chi connectivity index (χ0n) is 9.49. The van der Waals surface area contributed by atoms with Crippen molar-refractivity contribution in [3.8, 4) is 0 Å². The maximum atomic E-state index is 10.8. The van der Waals surface area contributed by atoms with Crippen molar-refractivity contribution >= 4 is 5.97 Å². The first-order chi connectivity index (χ1) is 7.16. The van der Waals surface area contributed by atoms with E-state index in [0.717, 1.165) is 18.7 Å². The van der Waals surface area contributed by atoms with Gasteiger partial charge in [0.25, 0.3) is 0 Å². The number of carboxylic acids is 1. The Labute approximate surface area is 90.7 Å². The molecule has 0 saturated carbocycles. The van der Waals surface area contributed by atoms with Crippen LogP contribution in [0, 0.1) is 6.92 Å². The predicted molar refractivity (Wildman–Crippen MR) is 60.3 cm³/mol. The van der Waals surface area contributed by atoms with Crippen LogP contribution in [0.15, 0.2) is 12.3 Å². The van der Waals surface area contributed by atoms with Crippen LogP contribution >= 0.6 is 0 Å². The molecule has 0 aliphatic heterocycles. The minimum Gasteiger partial charge on any atom is -0.478 e. The molecule has 0 unspecified atom stereocenters. The van der Waals surface area contributed by atoms with E-state index in [-0.39, 0.29) is 0 Å². The number of unbranched alkanes of at least 4 members (excludes halogenated alkanes) is 3. The summed E-state index contributed by atoms with van der Waals surface area (Å²) < 4.78 is 2.03. The lowest BCUT2D eigenvalue weighted by Crippen LogP contribution is -2.03. The molecule has 0 fully saturated rings. The SMILES string of the molecule is CCCCCCn1ccc(C(=O)O)c1C. The maximum Gasteiger partial charge on any atom is 0.337 e. The molecule has 0 aliphatic carbocycles. The Bertz CT molecular complexity index is 328. The molecular weight excluding hydrogens is 190 g/mol. The fraction of sp³-hybridized carbons (Fsp3) is 0.583. The third kappa shape index (κ3) is 3.11. The first kappa shape index (κ1) is 11.8. The van der Waals surface area contributed by atoms with Gasteiger partial charge in [-0.25, -0.2) is 4.79 Å². The van der Waals surface area contributed by atoms with Crippen LogP contribution in [0.3, 0.4) is 0 Å². The Balaban J connectivity index is 2.51. The van der Waals surface area contributed by atoms with E-state index in [2.05, 4.69) is 6.92 Å². The van der Waals surface area contributed by atoms with Gasteiger partial charge in [-0.1, -0.05) is 26.2 Å². The van der Waals surface area contributed by atoms with Gasteiger partial charge in [-0.05, 0) is 19.4 Å². The molecule has 1 aromatic heterocycles. The second-order valence-electron chi connectivity index (χ2n) is 3.87. The predicted octanol–water partition coefficient (Wildman–Crippen LogP) is 3.08. The van der Waals surface area contributed by atoms with Crippen molar-refractivity contribution < 1.29 is 9.90 Å². The standard InChI is InChI=1S/C12H19NO2/c1-3-4-5-6-8-13-9-7-11(10(13)2)12(14)15/h7,9H,3-6,8H2,1-2H3,(H,14,15). The molecule has 0 bridgehead atoms. The van der Waals surface area contributed by atoms with Crippen molar-refractivity contribution in [1.82, 2.24) is 4.57 Å². The average molecular weight is 209 g/mol. The third-order valence-electron chi connectivity index (χ3n) is 2.72. The summed E-state index contributed by atoms with van der Waals surface area (Å²) >= 11 is 0. The zero-order valence-corrected chi connectivity index (χ0v) is 9.49. The van der Waals surface area contributed by atoms with E-state index in [0.29, 0.717) is 5.56 Å². The Hall–Kier alpha value is -1.25. The summed E-state index contributed by atoms with van der Waals surface area (Å²) in [4.78, 5) is 10.8. The van der Waals surface area contributed by atoms with Crippen molar-refractivity contribution in [3.05, 3.63) is 23.5 Å². The van der Waals surface area contributed by atoms with E-state index in [4.69, 9.17) is 5.11 Å².